The van der Waals surface area contributed by atoms with Crippen LogP contribution in [-0.4, -0.2) is 31.4 Å². The van der Waals surface area contributed by atoms with Crippen molar-refractivity contribution < 1.29 is 19.1 Å². The monoisotopic (exact) mass is 354 g/mol. The summed E-state index contributed by atoms with van der Waals surface area (Å²) >= 11 is 0. The molecule has 0 radical (unpaired) electrons. The SMILES string of the molecule is COC(=O)c1ccccc1N(CC(=O)Nc1cccc(C)c1C)C(C)=O. The number of carbonyl (C=O) groups is 3. The third kappa shape index (κ3) is 4.27. The van der Waals surface area contributed by atoms with Gasteiger partial charge in [-0.25, -0.2) is 4.79 Å². The zero-order valence-electron chi connectivity index (χ0n) is 15.3. The Labute approximate surface area is 152 Å². The molecule has 0 aromatic heterocycles. The molecule has 26 heavy (non-hydrogen) atoms. The second-order valence-corrected chi connectivity index (χ2v) is 5.91. The Bertz CT molecular complexity index is 845. The number of nitrogens with one attached hydrogen (secondary N) is 1. The Kier molecular flexibility index (Phi) is 6.11. The summed E-state index contributed by atoms with van der Waals surface area (Å²) in [5.74, 6) is -1.27. The van der Waals surface area contributed by atoms with E-state index < -0.39 is 5.97 Å². The van der Waals surface area contributed by atoms with Crippen molar-refractivity contribution in [2.75, 3.05) is 23.9 Å². The maximum atomic E-state index is 12.5. The molecule has 0 unspecified atom stereocenters. The first-order valence-corrected chi connectivity index (χ1v) is 8.16. The molecule has 0 atom stereocenters. The van der Waals surface area contributed by atoms with Crippen molar-refractivity contribution in [1.29, 1.82) is 0 Å². The number of ether oxygens (including phenoxy) is 1. The molecule has 136 valence electrons. The van der Waals surface area contributed by atoms with Gasteiger partial charge in [-0.05, 0) is 43.2 Å². The normalized spacial score (nSPS) is 10.2. The first kappa shape index (κ1) is 19.2. The third-order valence-corrected chi connectivity index (χ3v) is 4.16. The standard InChI is InChI=1S/C20H22N2O4/c1-13-8-7-10-17(14(13)2)21-19(24)12-22(15(3)23)18-11-6-5-9-16(18)20(25)26-4/h5-11H,12H2,1-4H3,(H,21,24). The lowest BCUT2D eigenvalue weighted by molar-refractivity contribution is -0.120. The molecule has 6 nitrogen and oxygen atoms in total. The number of anilines is 2. The molecule has 2 aromatic rings. The van der Waals surface area contributed by atoms with Gasteiger partial charge in [-0.15, -0.1) is 0 Å². The molecule has 0 aliphatic carbocycles. The van der Waals surface area contributed by atoms with Crippen molar-refractivity contribution in [3.05, 3.63) is 59.2 Å². The van der Waals surface area contributed by atoms with E-state index in [-0.39, 0.29) is 23.9 Å². The first-order valence-electron chi connectivity index (χ1n) is 8.16. The quantitative estimate of drug-likeness (QED) is 0.837. The molecule has 0 heterocycles. The Morgan fingerprint density at radius 2 is 1.73 bits per heavy atom. The Morgan fingerprint density at radius 1 is 1.04 bits per heavy atom. The maximum Gasteiger partial charge on any atom is 0.339 e. The van der Waals surface area contributed by atoms with Crippen molar-refractivity contribution in [3.63, 3.8) is 0 Å². The Balaban J connectivity index is 2.27. The van der Waals surface area contributed by atoms with Crippen molar-refractivity contribution in [3.8, 4) is 0 Å². The predicted octanol–water partition coefficient (Wildman–Crippen LogP) is 3.08. The summed E-state index contributed by atoms with van der Waals surface area (Å²) in [6.07, 6.45) is 0. The van der Waals surface area contributed by atoms with Gasteiger partial charge in [0.25, 0.3) is 0 Å². The van der Waals surface area contributed by atoms with E-state index in [1.165, 1.54) is 18.9 Å². The van der Waals surface area contributed by atoms with E-state index in [1.54, 1.807) is 30.3 Å². The van der Waals surface area contributed by atoms with Crippen LogP contribution in [0.5, 0.6) is 0 Å². The lowest BCUT2D eigenvalue weighted by Gasteiger charge is -2.23. The summed E-state index contributed by atoms with van der Waals surface area (Å²) in [6, 6.07) is 12.1. The number of hydrogen-bond donors (Lipinski definition) is 1. The number of carbonyl (C=O) groups excluding carboxylic acids is 3. The van der Waals surface area contributed by atoms with Crippen LogP contribution in [0.2, 0.25) is 0 Å². The molecule has 2 rings (SSSR count). The fourth-order valence-corrected chi connectivity index (χ4v) is 2.58. The van der Waals surface area contributed by atoms with Gasteiger partial charge in [0.15, 0.2) is 0 Å². The fraction of sp³-hybridized carbons (Fsp3) is 0.250. The van der Waals surface area contributed by atoms with Crippen LogP contribution in [0, 0.1) is 13.8 Å². The fourth-order valence-electron chi connectivity index (χ4n) is 2.58. The van der Waals surface area contributed by atoms with Crippen molar-refractivity contribution >= 4 is 29.2 Å². The zero-order valence-corrected chi connectivity index (χ0v) is 15.3. The highest BCUT2D eigenvalue weighted by atomic mass is 16.5. The van der Waals surface area contributed by atoms with E-state index in [9.17, 15) is 14.4 Å². The van der Waals surface area contributed by atoms with Gasteiger partial charge in [0.2, 0.25) is 11.8 Å². The van der Waals surface area contributed by atoms with Gasteiger partial charge in [0.05, 0.1) is 18.4 Å². The number of methoxy groups -OCH3 is 1. The number of benzene rings is 2. The van der Waals surface area contributed by atoms with Gasteiger partial charge < -0.3 is 15.0 Å². The average Bonchev–Trinajstić information content (AvgIpc) is 2.62. The summed E-state index contributed by atoms with van der Waals surface area (Å²) in [5, 5.41) is 2.82. The number of aryl methyl sites for hydroxylation is 1. The zero-order chi connectivity index (χ0) is 19.3. The van der Waals surface area contributed by atoms with Crippen LogP contribution < -0.4 is 10.2 Å². The van der Waals surface area contributed by atoms with Crippen LogP contribution in [0.3, 0.4) is 0 Å². The minimum absolute atomic E-state index is 0.212. The lowest BCUT2D eigenvalue weighted by atomic mass is 10.1. The molecule has 6 heteroatoms. The lowest BCUT2D eigenvalue weighted by Crippen LogP contribution is -2.37. The van der Waals surface area contributed by atoms with Crippen LogP contribution in [0.1, 0.15) is 28.4 Å². The second kappa shape index (κ2) is 8.29. The van der Waals surface area contributed by atoms with E-state index in [2.05, 4.69) is 5.32 Å². The molecular weight excluding hydrogens is 332 g/mol. The van der Waals surface area contributed by atoms with Crippen molar-refractivity contribution in [2.45, 2.75) is 20.8 Å². The first-order chi connectivity index (χ1) is 12.3. The predicted molar refractivity (Wildman–Crippen MR) is 100 cm³/mol. The van der Waals surface area contributed by atoms with Gasteiger partial charge in [0, 0.05) is 12.6 Å². The smallest absolute Gasteiger partial charge is 0.339 e. The van der Waals surface area contributed by atoms with Crippen LogP contribution in [0.4, 0.5) is 11.4 Å². The number of esters is 1. The minimum Gasteiger partial charge on any atom is -0.465 e. The molecular formula is C20H22N2O4. The van der Waals surface area contributed by atoms with Gasteiger partial charge in [0.1, 0.15) is 6.54 Å². The number of para-hydroxylation sites is 1. The van der Waals surface area contributed by atoms with E-state index >= 15 is 0 Å². The van der Waals surface area contributed by atoms with Crippen LogP contribution >= 0.6 is 0 Å². The molecule has 0 aliphatic rings. The van der Waals surface area contributed by atoms with Crippen LogP contribution in [-0.2, 0) is 14.3 Å². The van der Waals surface area contributed by atoms with Gasteiger partial charge in [-0.1, -0.05) is 24.3 Å². The van der Waals surface area contributed by atoms with Crippen LogP contribution in [0.25, 0.3) is 0 Å². The Hall–Kier alpha value is -3.15. The molecule has 1 N–H and O–H groups in total. The molecule has 0 aliphatic heterocycles. The Morgan fingerprint density at radius 3 is 2.38 bits per heavy atom. The molecule has 0 spiro atoms. The summed E-state index contributed by atoms with van der Waals surface area (Å²) in [5.41, 5.74) is 3.28. The summed E-state index contributed by atoms with van der Waals surface area (Å²) in [4.78, 5) is 37.8. The molecule has 0 bridgehead atoms. The van der Waals surface area contributed by atoms with Gasteiger partial charge in [-0.3, -0.25) is 9.59 Å². The van der Waals surface area contributed by atoms with Gasteiger partial charge >= 0.3 is 5.97 Å². The van der Waals surface area contributed by atoms with Crippen LogP contribution in [0.15, 0.2) is 42.5 Å². The molecule has 2 aromatic carbocycles. The summed E-state index contributed by atoms with van der Waals surface area (Å²) in [6.45, 7) is 5.01. The topological polar surface area (TPSA) is 75.7 Å². The number of hydrogen-bond acceptors (Lipinski definition) is 4. The molecule has 0 saturated heterocycles. The van der Waals surface area contributed by atoms with E-state index in [0.29, 0.717) is 11.4 Å². The highest BCUT2D eigenvalue weighted by Crippen LogP contribution is 2.22. The average molecular weight is 354 g/mol. The number of rotatable bonds is 5. The van der Waals surface area contributed by atoms with Gasteiger partial charge in [-0.2, -0.15) is 0 Å². The molecule has 2 amide bonds. The number of nitrogens with zero attached hydrogens (tertiary/aromatic N) is 1. The van der Waals surface area contributed by atoms with Crippen molar-refractivity contribution in [1.82, 2.24) is 0 Å². The largest absolute Gasteiger partial charge is 0.465 e. The maximum absolute atomic E-state index is 12.5. The van der Waals surface area contributed by atoms with E-state index in [0.717, 1.165) is 11.1 Å². The number of amides is 2. The van der Waals surface area contributed by atoms with E-state index in [1.807, 2.05) is 26.0 Å². The second-order valence-electron chi connectivity index (χ2n) is 5.91. The third-order valence-electron chi connectivity index (χ3n) is 4.16. The summed E-state index contributed by atoms with van der Waals surface area (Å²) in [7, 11) is 1.27. The van der Waals surface area contributed by atoms with E-state index in [4.69, 9.17) is 4.74 Å². The molecule has 0 fully saturated rings. The summed E-state index contributed by atoms with van der Waals surface area (Å²) < 4.78 is 4.76. The van der Waals surface area contributed by atoms with Crippen molar-refractivity contribution in [2.24, 2.45) is 0 Å². The highest BCUT2D eigenvalue weighted by Gasteiger charge is 2.22. The minimum atomic E-state index is -0.568. The highest BCUT2D eigenvalue weighted by molar-refractivity contribution is 6.06. The molecule has 0 saturated carbocycles.